The second-order valence-electron chi connectivity index (χ2n) is 5.44. The van der Waals surface area contributed by atoms with Crippen LogP contribution in [0.2, 0.25) is 0 Å². The summed E-state index contributed by atoms with van der Waals surface area (Å²) in [6, 6.07) is -1.05. The third-order valence-corrected chi connectivity index (χ3v) is 4.16. The van der Waals surface area contributed by atoms with Gasteiger partial charge in [0.05, 0.1) is 0 Å². The van der Waals surface area contributed by atoms with E-state index in [2.05, 4.69) is 17.1 Å². The summed E-state index contributed by atoms with van der Waals surface area (Å²) in [5, 5.41) is 11.9. The van der Waals surface area contributed by atoms with E-state index in [4.69, 9.17) is 5.11 Å². The zero-order valence-electron chi connectivity index (χ0n) is 12.8. The number of nitrogens with zero attached hydrogens (tertiary/aromatic N) is 2. The van der Waals surface area contributed by atoms with Crippen LogP contribution in [0.1, 0.15) is 33.1 Å². The molecule has 1 aliphatic heterocycles. The SMILES string of the molecule is CCC(C(=O)O)N(C)C(=O)NCC1CCN(CC)CC1. The number of urea groups is 1. The normalized spacial score (nSPS) is 18.6. The third-order valence-electron chi connectivity index (χ3n) is 4.16. The van der Waals surface area contributed by atoms with Crippen LogP contribution in [0.5, 0.6) is 0 Å². The Bertz CT molecular complexity index is 328. The van der Waals surface area contributed by atoms with Crippen molar-refractivity contribution in [3.63, 3.8) is 0 Å². The first-order valence-corrected chi connectivity index (χ1v) is 7.45. The molecule has 1 rings (SSSR count). The standard InChI is InChI=1S/C14H27N3O3/c1-4-12(13(18)19)16(3)14(20)15-10-11-6-8-17(5-2)9-7-11/h11-12H,4-10H2,1-3H3,(H,15,20)(H,18,19). The number of carbonyl (C=O) groups is 2. The first-order valence-electron chi connectivity index (χ1n) is 7.45. The molecule has 1 atom stereocenters. The largest absolute Gasteiger partial charge is 0.480 e. The monoisotopic (exact) mass is 285 g/mol. The molecule has 1 fully saturated rings. The van der Waals surface area contributed by atoms with Gasteiger partial charge in [-0.3, -0.25) is 0 Å². The Kier molecular flexibility index (Phi) is 6.78. The first kappa shape index (κ1) is 16.8. The summed E-state index contributed by atoms with van der Waals surface area (Å²) in [4.78, 5) is 26.7. The van der Waals surface area contributed by atoms with Crippen molar-refractivity contribution < 1.29 is 14.7 Å². The third kappa shape index (κ3) is 4.67. The number of piperidine rings is 1. The molecule has 1 saturated heterocycles. The fourth-order valence-corrected chi connectivity index (χ4v) is 2.62. The molecule has 2 N–H and O–H groups in total. The number of hydrogen-bond acceptors (Lipinski definition) is 3. The molecule has 116 valence electrons. The van der Waals surface area contributed by atoms with Crippen LogP contribution in [-0.2, 0) is 4.79 Å². The van der Waals surface area contributed by atoms with Crippen LogP contribution >= 0.6 is 0 Å². The van der Waals surface area contributed by atoms with Crippen molar-refractivity contribution in [2.24, 2.45) is 5.92 Å². The number of hydrogen-bond donors (Lipinski definition) is 2. The van der Waals surface area contributed by atoms with E-state index in [-0.39, 0.29) is 6.03 Å². The molecule has 1 aliphatic rings. The molecule has 20 heavy (non-hydrogen) atoms. The Labute approximate surface area is 121 Å². The van der Waals surface area contributed by atoms with Crippen molar-refractivity contribution in [3.8, 4) is 0 Å². The summed E-state index contributed by atoms with van der Waals surface area (Å²) in [6.07, 6.45) is 2.59. The summed E-state index contributed by atoms with van der Waals surface area (Å²) in [6.45, 7) is 7.81. The van der Waals surface area contributed by atoms with Crippen LogP contribution in [0, 0.1) is 5.92 Å². The van der Waals surface area contributed by atoms with E-state index in [1.54, 1.807) is 6.92 Å². The van der Waals surface area contributed by atoms with E-state index in [0.29, 0.717) is 18.9 Å². The number of carboxylic acid groups (broad SMARTS) is 1. The van der Waals surface area contributed by atoms with Crippen molar-refractivity contribution in [2.45, 2.75) is 39.2 Å². The van der Waals surface area contributed by atoms with Crippen molar-refractivity contribution >= 4 is 12.0 Å². The highest BCUT2D eigenvalue weighted by Crippen LogP contribution is 2.16. The Morgan fingerprint density at radius 2 is 1.95 bits per heavy atom. The van der Waals surface area contributed by atoms with E-state index in [0.717, 1.165) is 32.5 Å². The molecule has 1 heterocycles. The molecular formula is C14H27N3O3. The van der Waals surface area contributed by atoms with E-state index >= 15 is 0 Å². The van der Waals surface area contributed by atoms with E-state index in [9.17, 15) is 9.59 Å². The summed E-state index contributed by atoms with van der Waals surface area (Å²) in [5.74, 6) is -0.457. The van der Waals surface area contributed by atoms with Gasteiger partial charge in [-0.25, -0.2) is 9.59 Å². The molecule has 0 aromatic carbocycles. The molecule has 0 bridgehead atoms. The number of nitrogens with one attached hydrogen (secondary N) is 1. The lowest BCUT2D eigenvalue weighted by Crippen LogP contribution is -2.48. The van der Waals surface area contributed by atoms with Gasteiger partial charge in [0.25, 0.3) is 0 Å². The molecule has 1 unspecified atom stereocenters. The van der Waals surface area contributed by atoms with E-state index in [1.165, 1.54) is 11.9 Å². The van der Waals surface area contributed by atoms with Gasteiger partial charge in [0.2, 0.25) is 0 Å². The molecule has 0 spiro atoms. The quantitative estimate of drug-likeness (QED) is 0.769. The number of likely N-dealkylation sites (N-methyl/N-ethyl adjacent to an activating group) is 1. The van der Waals surface area contributed by atoms with Crippen LogP contribution in [0.15, 0.2) is 0 Å². The number of rotatable bonds is 6. The second kappa shape index (κ2) is 8.09. The summed E-state index contributed by atoms with van der Waals surface area (Å²) < 4.78 is 0. The summed E-state index contributed by atoms with van der Waals surface area (Å²) in [5.41, 5.74) is 0. The lowest BCUT2D eigenvalue weighted by atomic mass is 9.97. The molecule has 0 aliphatic carbocycles. The minimum atomic E-state index is -0.957. The Morgan fingerprint density at radius 3 is 2.40 bits per heavy atom. The average molecular weight is 285 g/mol. The smallest absolute Gasteiger partial charge is 0.326 e. The fourth-order valence-electron chi connectivity index (χ4n) is 2.62. The molecule has 0 aromatic heterocycles. The van der Waals surface area contributed by atoms with Crippen molar-refractivity contribution in [1.82, 2.24) is 15.1 Å². The van der Waals surface area contributed by atoms with Crippen molar-refractivity contribution in [1.29, 1.82) is 0 Å². The first-order chi connectivity index (χ1) is 9.49. The Hall–Kier alpha value is -1.30. The van der Waals surface area contributed by atoms with Crippen LogP contribution in [0.25, 0.3) is 0 Å². The Morgan fingerprint density at radius 1 is 1.35 bits per heavy atom. The molecule has 0 aromatic rings. The lowest BCUT2D eigenvalue weighted by molar-refractivity contribution is -0.141. The van der Waals surface area contributed by atoms with Gasteiger partial charge in [-0.15, -0.1) is 0 Å². The highest BCUT2D eigenvalue weighted by molar-refractivity contribution is 5.82. The van der Waals surface area contributed by atoms with Crippen LogP contribution in [0.3, 0.4) is 0 Å². The highest BCUT2D eigenvalue weighted by Gasteiger charge is 2.25. The van der Waals surface area contributed by atoms with Gasteiger partial charge in [-0.2, -0.15) is 0 Å². The molecule has 6 nitrogen and oxygen atoms in total. The fraction of sp³-hybridized carbons (Fsp3) is 0.857. The van der Waals surface area contributed by atoms with Crippen molar-refractivity contribution in [2.75, 3.05) is 33.2 Å². The van der Waals surface area contributed by atoms with E-state index in [1.807, 2.05) is 0 Å². The number of carboxylic acids is 1. The molecular weight excluding hydrogens is 258 g/mol. The van der Waals surface area contributed by atoms with Gasteiger partial charge < -0.3 is 20.2 Å². The van der Waals surface area contributed by atoms with E-state index < -0.39 is 12.0 Å². The van der Waals surface area contributed by atoms with Crippen molar-refractivity contribution in [3.05, 3.63) is 0 Å². The van der Waals surface area contributed by atoms with Crippen LogP contribution in [0.4, 0.5) is 4.79 Å². The maximum atomic E-state index is 12.0. The number of carbonyl (C=O) groups excluding carboxylic acids is 1. The van der Waals surface area contributed by atoms with Crippen LogP contribution in [-0.4, -0.2) is 66.2 Å². The average Bonchev–Trinajstić information content (AvgIpc) is 2.45. The zero-order chi connectivity index (χ0) is 15.1. The zero-order valence-corrected chi connectivity index (χ0v) is 12.8. The number of amides is 2. The number of aliphatic carboxylic acids is 1. The maximum absolute atomic E-state index is 12.0. The molecule has 2 amide bonds. The summed E-state index contributed by atoms with van der Waals surface area (Å²) >= 11 is 0. The predicted octanol–water partition coefficient (Wildman–Crippen LogP) is 1.22. The highest BCUT2D eigenvalue weighted by atomic mass is 16.4. The summed E-state index contributed by atoms with van der Waals surface area (Å²) in [7, 11) is 1.54. The number of likely N-dealkylation sites (tertiary alicyclic amines) is 1. The van der Waals surface area contributed by atoms with Gasteiger partial charge in [0, 0.05) is 13.6 Å². The minimum absolute atomic E-state index is 0.294. The van der Waals surface area contributed by atoms with Gasteiger partial charge in [-0.05, 0) is 44.8 Å². The Balaban J connectivity index is 2.34. The second-order valence-corrected chi connectivity index (χ2v) is 5.44. The van der Waals surface area contributed by atoms with Gasteiger partial charge in [-0.1, -0.05) is 13.8 Å². The molecule has 0 saturated carbocycles. The van der Waals surface area contributed by atoms with Crippen LogP contribution < -0.4 is 5.32 Å². The van der Waals surface area contributed by atoms with Gasteiger partial charge >= 0.3 is 12.0 Å². The maximum Gasteiger partial charge on any atom is 0.326 e. The predicted molar refractivity (Wildman–Crippen MR) is 77.7 cm³/mol. The lowest BCUT2D eigenvalue weighted by Gasteiger charge is -2.31. The topological polar surface area (TPSA) is 72.9 Å². The van der Waals surface area contributed by atoms with Gasteiger partial charge in [0.15, 0.2) is 0 Å². The molecule has 0 radical (unpaired) electrons. The van der Waals surface area contributed by atoms with Gasteiger partial charge in [0.1, 0.15) is 6.04 Å². The minimum Gasteiger partial charge on any atom is -0.480 e. The molecule has 6 heteroatoms.